The molecule has 192 valence electrons. The molecule has 0 saturated carbocycles. The molecule has 0 unspecified atom stereocenters. The highest BCUT2D eigenvalue weighted by atomic mass is 32.2. The number of nitrogens with one attached hydrogen (secondary N) is 2. The minimum atomic E-state index is -3.86. The lowest BCUT2D eigenvalue weighted by Gasteiger charge is -2.13. The second-order valence-corrected chi connectivity index (χ2v) is 13.1. The van der Waals surface area contributed by atoms with Gasteiger partial charge in [0.25, 0.3) is 15.9 Å². The van der Waals surface area contributed by atoms with Gasteiger partial charge in [0, 0.05) is 10.4 Å². The number of fused-ring (bicyclic) bond motifs is 2. The van der Waals surface area contributed by atoms with Gasteiger partial charge in [-0.2, -0.15) is 0 Å². The summed E-state index contributed by atoms with van der Waals surface area (Å²) in [6.45, 7) is 1.90. The highest BCUT2D eigenvalue weighted by Gasteiger charge is 2.26. The lowest BCUT2D eigenvalue weighted by molar-refractivity contribution is 0.102. The first-order valence-corrected chi connectivity index (χ1v) is 15.5. The Kier molecular flexibility index (Phi) is 6.51. The quantitative estimate of drug-likeness (QED) is 0.229. The number of hydrogen-bond acceptors (Lipinski definition) is 6. The summed E-state index contributed by atoms with van der Waals surface area (Å²) in [4.78, 5) is 19.9. The SMILES string of the molecule is Cc1ccc(S(=O)(=O)Nc2ccccc2C(=O)Nc2sc3c(c2-c2nc4ccccc4s2)CCCC3)cc1. The second kappa shape index (κ2) is 9.98. The fourth-order valence-electron chi connectivity index (χ4n) is 4.72. The molecule has 2 N–H and O–H groups in total. The number of sulfonamides is 1. The average molecular weight is 560 g/mol. The van der Waals surface area contributed by atoms with Crippen molar-refractivity contribution >= 4 is 59.5 Å². The van der Waals surface area contributed by atoms with Crippen LogP contribution in [-0.4, -0.2) is 19.3 Å². The van der Waals surface area contributed by atoms with Gasteiger partial charge in [-0.3, -0.25) is 9.52 Å². The third kappa shape index (κ3) is 4.73. The van der Waals surface area contributed by atoms with Crippen LogP contribution in [-0.2, 0) is 22.9 Å². The van der Waals surface area contributed by atoms with Crippen molar-refractivity contribution in [3.8, 4) is 10.6 Å². The Hall–Kier alpha value is -3.53. The largest absolute Gasteiger partial charge is 0.313 e. The number of benzene rings is 3. The molecule has 0 saturated heterocycles. The highest BCUT2D eigenvalue weighted by Crippen LogP contribution is 2.46. The number of rotatable bonds is 6. The summed E-state index contributed by atoms with van der Waals surface area (Å²) in [5.41, 5.74) is 4.65. The van der Waals surface area contributed by atoms with Crippen LogP contribution in [0.1, 0.15) is 39.2 Å². The van der Waals surface area contributed by atoms with E-state index in [9.17, 15) is 13.2 Å². The van der Waals surface area contributed by atoms with Gasteiger partial charge in [-0.1, -0.05) is 42.0 Å². The Morgan fingerprint density at radius 2 is 1.63 bits per heavy atom. The maximum atomic E-state index is 13.6. The Morgan fingerprint density at radius 3 is 2.45 bits per heavy atom. The zero-order valence-corrected chi connectivity index (χ0v) is 23.1. The third-order valence-electron chi connectivity index (χ3n) is 6.65. The summed E-state index contributed by atoms with van der Waals surface area (Å²) < 4.78 is 29.8. The maximum absolute atomic E-state index is 13.6. The van der Waals surface area contributed by atoms with Crippen LogP contribution in [0.4, 0.5) is 10.7 Å². The van der Waals surface area contributed by atoms with Gasteiger partial charge in [-0.15, -0.1) is 22.7 Å². The first-order valence-electron chi connectivity index (χ1n) is 12.4. The molecule has 6 rings (SSSR count). The molecular weight excluding hydrogens is 535 g/mol. The minimum absolute atomic E-state index is 0.141. The lowest BCUT2D eigenvalue weighted by Crippen LogP contribution is -2.18. The molecule has 5 aromatic rings. The summed E-state index contributed by atoms with van der Waals surface area (Å²) in [5, 5.41) is 4.77. The van der Waals surface area contributed by atoms with Crippen LogP contribution >= 0.6 is 22.7 Å². The fourth-order valence-corrected chi connectivity index (χ4v) is 8.20. The van der Waals surface area contributed by atoms with Crippen molar-refractivity contribution in [2.75, 3.05) is 10.0 Å². The smallest absolute Gasteiger partial charge is 0.261 e. The summed E-state index contributed by atoms with van der Waals surface area (Å²) in [6.07, 6.45) is 4.18. The molecule has 1 aliphatic carbocycles. The van der Waals surface area contributed by atoms with Crippen LogP contribution < -0.4 is 10.0 Å². The Morgan fingerprint density at radius 1 is 0.895 bits per heavy atom. The summed E-state index contributed by atoms with van der Waals surface area (Å²) >= 11 is 3.23. The zero-order chi connectivity index (χ0) is 26.3. The van der Waals surface area contributed by atoms with Crippen molar-refractivity contribution < 1.29 is 13.2 Å². The van der Waals surface area contributed by atoms with Gasteiger partial charge < -0.3 is 5.32 Å². The molecule has 3 aromatic carbocycles. The van der Waals surface area contributed by atoms with E-state index >= 15 is 0 Å². The van der Waals surface area contributed by atoms with Crippen molar-refractivity contribution in [3.63, 3.8) is 0 Å². The van der Waals surface area contributed by atoms with E-state index in [1.54, 1.807) is 71.2 Å². The normalized spacial score (nSPS) is 13.3. The summed E-state index contributed by atoms with van der Waals surface area (Å²) in [7, 11) is -3.86. The summed E-state index contributed by atoms with van der Waals surface area (Å²) in [6, 6.07) is 21.3. The van der Waals surface area contributed by atoms with E-state index < -0.39 is 10.0 Å². The number of thiophene rings is 1. The van der Waals surface area contributed by atoms with E-state index in [0.29, 0.717) is 0 Å². The predicted octanol–water partition coefficient (Wildman–Crippen LogP) is 7.27. The molecule has 0 atom stereocenters. The van der Waals surface area contributed by atoms with Gasteiger partial charge >= 0.3 is 0 Å². The van der Waals surface area contributed by atoms with Crippen molar-refractivity contribution in [3.05, 3.63) is 94.4 Å². The first kappa shape index (κ1) is 24.8. The van der Waals surface area contributed by atoms with Crippen molar-refractivity contribution in [2.45, 2.75) is 37.5 Å². The molecule has 9 heteroatoms. The average Bonchev–Trinajstić information content (AvgIpc) is 3.49. The number of carbonyl (C=O) groups excluding carboxylic acids is 1. The maximum Gasteiger partial charge on any atom is 0.261 e. The van der Waals surface area contributed by atoms with Crippen LogP contribution in [0.5, 0.6) is 0 Å². The van der Waals surface area contributed by atoms with Gasteiger partial charge in [0.1, 0.15) is 10.0 Å². The van der Waals surface area contributed by atoms with Crippen molar-refractivity contribution in [2.24, 2.45) is 0 Å². The highest BCUT2D eigenvalue weighted by molar-refractivity contribution is 7.92. The molecular formula is C29H25N3O3S3. The molecule has 0 radical (unpaired) electrons. The van der Waals surface area contributed by atoms with E-state index in [-0.39, 0.29) is 22.1 Å². The summed E-state index contributed by atoms with van der Waals surface area (Å²) in [5.74, 6) is -0.367. The topological polar surface area (TPSA) is 88.2 Å². The van der Waals surface area contributed by atoms with Gasteiger partial charge in [0.2, 0.25) is 0 Å². The number of amides is 1. The number of thiazole rings is 1. The zero-order valence-electron chi connectivity index (χ0n) is 20.7. The monoisotopic (exact) mass is 559 g/mol. The number of aromatic nitrogens is 1. The third-order valence-corrected chi connectivity index (χ3v) is 10.3. The van der Waals surface area contributed by atoms with Crippen LogP contribution in [0.15, 0.2) is 77.7 Å². The Bertz CT molecular complexity index is 1740. The number of para-hydroxylation sites is 2. The van der Waals surface area contributed by atoms with Crippen LogP contribution in [0.25, 0.3) is 20.8 Å². The van der Waals surface area contributed by atoms with Crippen LogP contribution in [0.2, 0.25) is 0 Å². The number of carbonyl (C=O) groups is 1. The molecule has 2 aromatic heterocycles. The number of aryl methyl sites for hydroxylation is 2. The Balaban J connectivity index is 1.35. The molecule has 1 aliphatic rings. The standard InChI is InChI=1S/C29H25N3O3S3/c1-18-14-16-19(17-15-18)38(34,35)32-22-10-4-2-8-20(22)27(33)31-29-26(21-9-3-6-12-24(21)36-29)28-30-23-11-5-7-13-25(23)37-28/h2,4-5,7-8,10-11,13-17,32H,3,6,9,12H2,1H3,(H,31,33). The van der Waals surface area contributed by atoms with Gasteiger partial charge in [0.15, 0.2) is 0 Å². The number of anilines is 2. The van der Waals surface area contributed by atoms with E-state index in [2.05, 4.69) is 16.1 Å². The van der Waals surface area contributed by atoms with Gasteiger partial charge in [-0.05, 0) is 74.6 Å². The van der Waals surface area contributed by atoms with Crippen LogP contribution in [0.3, 0.4) is 0 Å². The van der Waals surface area contributed by atoms with E-state index in [4.69, 9.17) is 4.98 Å². The van der Waals surface area contributed by atoms with E-state index in [1.165, 1.54) is 10.4 Å². The molecule has 0 bridgehead atoms. The second-order valence-electron chi connectivity index (χ2n) is 9.32. The van der Waals surface area contributed by atoms with Crippen LogP contribution in [0, 0.1) is 6.92 Å². The van der Waals surface area contributed by atoms with E-state index in [1.807, 2.05) is 25.1 Å². The minimum Gasteiger partial charge on any atom is -0.313 e. The molecule has 2 heterocycles. The van der Waals surface area contributed by atoms with Gasteiger partial charge in [-0.25, -0.2) is 13.4 Å². The van der Waals surface area contributed by atoms with Crippen molar-refractivity contribution in [1.82, 2.24) is 4.98 Å². The molecule has 6 nitrogen and oxygen atoms in total. The first-order chi connectivity index (χ1) is 18.4. The van der Waals surface area contributed by atoms with Crippen molar-refractivity contribution in [1.29, 1.82) is 0 Å². The molecule has 0 aliphatic heterocycles. The lowest BCUT2D eigenvalue weighted by atomic mass is 9.95. The Labute approximate surface area is 229 Å². The fraction of sp³-hybridized carbons (Fsp3) is 0.172. The molecule has 1 amide bonds. The molecule has 0 fully saturated rings. The van der Waals surface area contributed by atoms with E-state index in [0.717, 1.165) is 57.0 Å². The van der Waals surface area contributed by atoms with Gasteiger partial charge in [0.05, 0.1) is 26.4 Å². The number of nitrogens with zero attached hydrogens (tertiary/aromatic N) is 1. The molecule has 0 spiro atoms. The molecule has 38 heavy (non-hydrogen) atoms. The predicted molar refractivity (Wildman–Crippen MR) is 156 cm³/mol. The number of hydrogen-bond donors (Lipinski definition) is 2.